The van der Waals surface area contributed by atoms with Gasteiger partial charge in [-0.25, -0.2) is 44.3 Å². The predicted octanol–water partition coefficient (Wildman–Crippen LogP) is 11.0. The summed E-state index contributed by atoms with van der Waals surface area (Å²) in [5.74, 6) is 2.51. The lowest BCUT2D eigenvalue weighted by Crippen LogP contribution is -2.35. The molecule has 0 saturated heterocycles. The summed E-state index contributed by atoms with van der Waals surface area (Å²) in [6, 6.07) is 16.0. The molecule has 6 aliphatic rings. The topological polar surface area (TPSA) is 422 Å². The number of aromatic nitrogens is 12. The second-order valence-electron chi connectivity index (χ2n) is 29.9. The van der Waals surface area contributed by atoms with Crippen LogP contribution in [0.1, 0.15) is 182 Å². The quantitative estimate of drug-likeness (QED) is 0.0285. The molecule has 33 nitrogen and oxygen atoms in total. The maximum Gasteiger partial charge on any atom is 0.415 e. The van der Waals surface area contributed by atoms with E-state index in [2.05, 4.69) is 61.5 Å². The maximum atomic E-state index is 13.3. The molecule has 0 bridgehead atoms. The van der Waals surface area contributed by atoms with E-state index in [0.29, 0.717) is 93.4 Å². The minimum Gasteiger partial charge on any atom is -0.477 e. The molecule has 3 unspecified atom stereocenters. The molecule has 6 fully saturated rings. The Morgan fingerprint density at radius 1 is 0.509 bits per heavy atom. The van der Waals surface area contributed by atoms with Crippen LogP contribution in [-0.4, -0.2) is 184 Å². The van der Waals surface area contributed by atoms with Gasteiger partial charge in [0, 0.05) is 76.8 Å². The van der Waals surface area contributed by atoms with Crippen molar-refractivity contribution in [1.29, 1.82) is 0 Å². The average molecular weight is 1490 g/mol. The van der Waals surface area contributed by atoms with Crippen molar-refractivity contribution >= 4 is 98.6 Å². The number of rotatable bonds is 22. The van der Waals surface area contributed by atoms with E-state index in [1.807, 2.05) is 24.3 Å². The van der Waals surface area contributed by atoms with Crippen molar-refractivity contribution < 1.29 is 68.1 Å². The highest BCUT2D eigenvalue weighted by Crippen LogP contribution is 2.38. The minimum atomic E-state index is -1.19. The van der Waals surface area contributed by atoms with Crippen LogP contribution in [0.5, 0.6) is 17.6 Å². The van der Waals surface area contributed by atoms with Gasteiger partial charge in [-0.15, -0.1) is 0 Å². The van der Waals surface area contributed by atoms with E-state index in [-0.39, 0.29) is 77.3 Å². The summed E-state index contributed by atoms with van der Waals surface area (Å²) in [6.07, 6.45) is 22.0. The fourth-order valence-electron chi connectivity index (χ4n) is 12.5. The molecule has 574 valence electrons. The number of nitrogens with one attached hydrogen (secondary N) is 4. The third-order valence-corrected chi connectivity index (χ3v) is 18.7. The van der Waals surface area contributed by atoms with Gasteiger partial charge in [0.2, 0.25) is 17.6 Å². The van der Waals surface area contributed by atoms with Crippen molar-refractivity contribution in [3.63, 3.8) is 0 Å². The van der Waals surface area contributed by atoms with Crippen LogP contribution >= 0.6 is 0 Å². The summed E-state index contributed by atoms with van der Waals surface area (Å²) in [5.41, 5.74) is 7.44. The number of amides is 2. The number of hydrogen-bond donors (Lipinski definition) is 9. The molecule has 0 spiro atoms. The summed E-state index contributed by atoms with van der Waals surface area (Å²) < 4.78 is 33.0. The Morgan fingerprint density at radius 3 is 1.20 bits per heavy atom. The number of nitrogens with zero attached hydrogens (tertiary/aromatic N) is 14. The number of aromatic carboxylic acids is 1. The number of nitrogens with two attached hydrogens (primary N) is 1. The molecular weight excluding hydrogens is 1390 g/mol. The average Bonchev–Trinajstić information content (AvgIpc) is 1.59. The number of pyridine rings is 3. The zero-order valence-electron chi connectivity index (χ0n) is 62.1. The van der Waals surface area contributed by atoms with Crippen LogP contribution in [0, 0.1) is 11.8 Å². The number of aliphatic hydroxyl groups is 3. The van der Waals surface area contributed by atoms with E-state index >= 15 is 0 Å². The highest BCUT2D eigenvalue weighted by atomic mass is 16.6. The van der Waals surface area contributed by atoms with E-state index in [4.69, 9.17) is 39.5 Å². The van der Waals surface area contributed by atoms with Gasteiger partial charge < -0.3 is 71.1 Å². The molecule has 10 N–H and O–H groups in total. The number of ether oxygens (including phenoxy) is 5. The lowest BCUT2D eigenvalue weighted by Gasteiger charge is -2.25. The largest absolute Gasteiger partial charge is 0.477 e. The van der Waals surface area contributed by atoms with Gasteiger partial charge in [-0.1, -0.05) is 12.8 Å². The molecule has 9 aromatic rings. The third-order valence-electron chi connectivity index (χ3n) is 18.7. The first kappa shape index (κ1) is 76.7. The van der Waals surface area contributed by atoms with Crippen LogP contribution in [0.3, 0.4) is 0 Å². The van der Waals surface area contributed by atoms with Gasteiger partial charge in [-0.3, -0.25) is 19.4 Å². The van der Waals surface area contributed by atoms with E-state index in [1.54, 1.807) is 115 Å². The second kappa shape index (κ2) is 33.1. The first-order valence-electron chi connectivity index (χ1n) is 36.7. The minimum absolute atomic E-state index is 0.00468. The number of Topliss-reactive ketones (excluding diaryl/α,β-unsaturated/α-hetero) is 2. The second-order valence-corrected chi connectivity index (χ2v) is 29.9. The molecule has 33 heteroatoms. The first-order valence-corrected chi connectivity index (χ1v) is 36.7. The Labute approximate surface area is 623 Å². The van der Waals surface area contributed by atoms with Crippen LogP contribution < -0.4 is 51.0 Å². The smallest absolute Gasteiger partial charge is 0.415 e. The normalized spacial score (nSPS) is 19.5. The number of carboxylic acids is 1. The van der Waals surface area contributed by atoms with E-state index in [9.17, 15) is 39.3 Å². The lowest BCUT2D eigenvalue weighted by atomic mass is 9.96. The molecule has 0 radical (unpaired) electrons. The number of hydrogen-bond acceptors (Lipinski definition) is 27. The Balaban J connectivity index is 0.000000145. The summed E-state index contributed by atoms with van der Waals surface area (Å²) in [4.78, 5) is 92.9. The van der Waals surface area contributed by atoms with Crippen LogP contribution in [0.15, 0.2) is 91.8 Å². The predicted molar refractivity (Wildman–Crippen MR) is 401 cm³/mol. The van der Waals surface area contributed by atoms with Crippen molar-refractivity contribution in [1.82, 2.24) is 58.7 Å². The van der Waals surface area contributed by atoms with Crippen molar-refractivity contribution in [3.8, 4) is 17.6 Å². The molecule has 6 aliphatic carbocycles. The van der Waals surface area contributed by atoms with Gasteiger partial charge in [0.1, 0.15) is 87.0 Å². The third kappa shape index (κ3) is 19.4. The van der Waals surface area contributed by atoms with Crippen molar-refractivity contribution in [3.05, 3.63) is 108 Å². The van der Waals surface area contributed by atoms with Crippen LogP contribution in [-0.2, 0) is 9.47 Å². The Bertz CT molecular complexity index is 4710. The van der Waals surface area contributed by atoms with Gasteiger partial charge >= 0.3 is 18.2 Å². The van der Waals surface area contributed by atoms with Gasteiger partial charge in [0.05, 0.1) is 48.0 Å². The fourth-order valence-corrected chi connectivity index (χ4v) is 12.5. The standard InChI is InChI=1S/C27H34N6O5.C22H26N6O3.C21H24N6O5.C5H11NO/c1-27(2,3)38-26(36)32(4)23-14-22(30-19-8-6-12-28-25(19)37-17-10-11-17)31-24-18(15-29-33(23)24)21(35)13-16-7-5-9-20(16)34;1-23-20-11-19(26-16-5-3-9-24-22(16)31-14-7-8-14)27-21-15(12-25-28(20)21)18(30)10-13-4-2-6-17(13)29;1-21(2,3)32-20(30)26(4)16-10-15(25-17-13(19(28)29)11-23-27(16)17)24-14-6-5-9-22-18(14)31-12-7-8-12;6-4-2-1-3-5(4)7/h6,8,12,14-17,20,34H,5,7,9-11,13H2,1-4H3,(H,30,31);3,5,9,11-14,17,23,29H,2,4,6-8,10H2,1H3,(H,26,27);5-6,9-12H,7-8H2,1-4H3,(H,24,25)(H,28,29);4-5,7H,1-3,6H2/t16?,20-;13?,17-;;4-,5?/m11.1/s1. The summed E-state index contributed by atoms with van der Waals surface area (Å²) >= 11 is 0. The van der Waals surface area contributed by atoms with Crippen LogP contribution in [0.25, 0.3) is 16.9 Å². The Kier molecular flexibility index (Phi) is 23.5. The summed E-state index contributed by atoms with van der Waals surface area (Å²) in [7, 11) is 4.89. The van der Waals surface area contributed by atoms with E-state index < -0.39 is 41.6 Å². The maximum absolute atomic E-state index is 13.3. The van der Waals surface area contributed by atoms with Gasteiger partial charge in [-0.2, -0.15) is 28.8 Å². The van der Waals surface area contributed by atoms with Crippen molar-refractivity contribution in [2.75, 3.05) is 52.2 Å². The fraction of sp³-hybridized carbons (Fsp3) is 0.493. The molecular formula is C75H95N19O14. The van der Waals surface area contributed by atoms with Gasteiger partial charge in [0.15, 0.2) is 28.5 Å². The Hall–Kier alpha value is -10.9. The number of aliphatic hydroxyl groups excluding tert-OH is 3. The number of carbonyl (C=O) groups excluding carboxylic acids is 4. The van der Waals surface area contributed by atoms with E-state index in [1.165, 1.54) is 38.3 Å². The lowest BCUT2D eigenvalue weighted by molar-refractivity contribution is 0.0577. The summed E-state index contributed by atoms with van der Waals surface area (Å²) in [6.45, 7) is 10.6. The first-order chi connectivity index (χ1) is 51.6. The summed E-state index contributed by atoms with van der Waals surface area (Å²) in [5, 5.41) is 64.4. The highest BCUT2D eigenvalue weighted by molar-refractivity contribution is 6.03. The number of fused-ring (bicyclic) bond motifs is 3. The number of carboxylic acid groups (broad SMARTS) is 1. The number of carbonyl (C=O) groups is 5. The van der Waals surface area contributed by atoms with E-state index in [0.717, 1.165) is 95.6 Å². The number of ketones is 2. The molecule has 15 rings (SSSR count). The monoisotopic (exact) mass is 1490 g/mol. The molecule has 9 heterocycles. The van der Waals surface area contributed by atoms with Crippen molar-refractivity contribution in [2.45, 2.75) is 205 Å². The zero-order chi connectivity index (χ0) is 76.7. The zero-order valence-corrected chi connectivity index (χ0v) is 62.1. The van der Waals surface area contributed by atoms with Gasteiger partial charge in [-0.05, 0) is 173 Å². The molecule has 6 atom stereocenters. The van der Waals surface area contributed by atoms with Crippen LogP contribution in [0.2, 0.25) is 0 Å². The highest BCUT2D eigenvalue weighted by Gasteiger charge is 2.35. The number of anilines is 9. The molecule has 9 aromatic heterocycles. The van der Waals surface area contributed by atoms with Crippen molar-refractivity contribution in [2.24, 2.45) is 17.6 Å². The SMILES string of the molecule is CN(C(=O)OC(C)(C)C)c1cc(Nc2cccnc2OC2CC2)nc2c(C(=O)CC3CCC[C@H]3O)cnn12.CN(C(=O)OC(C)(C)C)c1cc(Nc2cccnc2OC2CC2)nc2c(C(=O)O)cnn12.CNc1cc(Nc2cccnc2OC2CC2)nc2c(C(=O)CC3CCC[C@H]3O)cnn12.N[C@@H]1CCCC1O. The molecule has 0 aliphatic heterocycles. The van der Waals surface area contributed by atoms with Gasteiger partial charge in [0.25, 0.3) is 0 Å². The molecule has 2 amide bonds. The molecule has 6 saturated carbocycles. The van der Waals surface area contributed by atoms with Crippen LogP contribution in [0.4, 0.5) is 61.6 Å². The molecule has 0 aromatic carbocycles. The molecule has 108 heavy (non-hydrogen) atoms. The Morgan fingerprint density at radius 2 is 0.870 bits per heavy atom.